The number of halogens is 1. The lowest BCUT2D eigenvalue weighted by Gasteiger charge is -2.20. The van der Waals surface area contributed by atoms with Crippen LogP contribution in [-0.4, -0.2) is 36.7 Å². The summed E-state index contributed by atoms with van der Waals surface area (Å²) < 4.78 is 33.1. The van der Waals surface area contributed by atoms with Crippen molar-refractivity contribution in [2.75, 3.05) is 18.4 Å². The molecule has 3 rings (SSSR count). The number of nitrogens with one attached hydrogen (secondary N) is 1. The van der Waals surface area contributed by atoms with Crippen molar-refractivity contribution in [1.82, 2.24) is 9.29 Å². The van der Waals surface area contributed by atoms with E-state index >= 15 is 0 Å². The van der Waals surface area contributed by atoms with Crippen LogP contribution in [0.1, 0.15) is 24.3 Å². The van der Waals surface area contributed by atoms with Crippen molar-refractivity contribution in [1.29, 1.82) is 0 Å². The summed E-state index contributed by atoms with van der Waals surface area (Å²) >= 11 is 5.92. The molecule has 0 saturated heterocycles. The number of aromatic nitrogens is 1. The predicted molar refractivity (Wildman–Crippen MR) is 120 cm³/mol. The second kappa shape index (κ2) is 9.91. The Balaban J connectivity index is 2.01. The van der Waals surface area contributed by atoms with Gasteiger partial charge in [-0.2, -0.15) is 4.31 Å². The molecular formula is C22H22ClN3O4S. The van der Waals surface area contributed by atoms with Gasteiger partial charge in [0.1, 0.15) is 11.4 Å². The topological polar surface area (TPSA) is 88.6 Å². The van der Waals surface area contributed by atoms with Gasteiger partial charge in [-0.15, -0.1) is 0 Å². The van der Waals surface area contributed by atoms with Gasteiger partial charge in [0.25, 0.3) is 5.91 Å². The highest BCUT2D eigenvalue weighted by Gasteiger charge is 2.24. The molecule has 0 fully saturated rings. The second-order valence-corrected chi connectivity index (χ2v) is 8.85. The quantitative estimate of drug-likeness (QED) is 0.522. The van der Waals surface area contributed by atoms with Gasteiger partial charge < -0.3 is 10.1 Å². The third kappa shape index (κ3) is 5.41. The molecule has 162 valence electrons. The summed E-state index contributed by atoms with van der Waals surface area (Å²) in [5.74, 6) is 0.279. The average Bonchev–Trinajstić information content (AvgIpc) is 2.77. The van der Waals surface area contributed by atoms with Gasteiger partial charge in [-0.05, 0) is 54.6 Å². The van der Waals surface area contributed by atoms with E-state index in [9.17, 15) is 13.2 Å². The molecule has 2 aromatic carbocycles. The molecule has 0 radical (unpaired) electrons. The third-order valence-electron chi connectivity index (χ3n) is 4.48. The maximum Gasteiger partial charge on any atom is 0.274 e. The Morgan fingerprint density at radius 3 is 2.39 bits per heavy atom. The number of hydrogen-bond donors (Lipinski definition) is 1. The van der Waals surface area contributed by atoms with Crippen molar-refractivity contribution in [2.24, 2.45) is 0 Å². The lowest BCUT2D eigenvalue weighted by molar-refractivity contribution is 0.102. The smallest absolute Gasteiger partial charge is 0.274 e. The van der Waals surface area contributed by atoms with Crippen molar-refractivity contribution in [3.8, 4) is 11.5 Å². The van der Waals surface area contributed by atoms with Crippen molar-refractivity contribution < 1.29 is 17.9 Å². The zero-order valence-electron chi connectivity index (χ0n) is 17.1. The number of amides is 1. The normalized spacial score (nSPS) is 11.4. The van der Waals surface area contributed by atoms with Gasteiger partial charge in [-0.3, -0.25) is 9.78 Å². The van der Waals surface area contributed by atoms with E-state index in [0.29, 0.717) is 23.9 Å². The SMILES string of the molecule is CCN(CC)S(=O)(=O)c1ccc(Oc2ccc(Cl)cc2)c(NC(=O)c2ccccn2)c1. The first-order valence-electron chi connectivity index (χ1n) is 9.65. The highest BCUT2D eigenvalue weighted by atomic mass is 35.5. The molecule has 0 saturated carbocycles. The Kier molecular flexibility index (Phi) is 7.27. The van der Waals surface area contributed by atoms with Crippen LogP contribution in [0.2, 0.25) is 5.02 Å². The molecule has 1 N–H and O–H groups in total. The number of carbonyl (C=O) groups is 1. The van der Waals surface area contributed by atoms with Crippen LogP contribution in [0.3, 0.4) is 0 Å². The molecule has 31 heavy (non-hydrogen) atoms. The highest BCUT2D eigenvalue weighted by Crippen LogP contribution is 2.33. The molecule has 0 aliphatic rings. The molecule has 0 aliphatic heterocycles. The fraction of sp³-hybridized carbons (Fsp3) is 0.182. The summed E-state index contributed by atoms with van der Waals surface area (Å²) in [4.78, 5) is 16.7. The highest BCUT2D eigenvalue weighted by molar-refractivity contribution is 7.89. The molecule has 1 amide bonds. The van der Waals surface area contributed by atoms with Crippen LogP contribution >= 0.6 is 11.6 Å². The van der Waals surface area contributed by atoms with E-state index in [4.69, 9.17) is 16.3 Å². The van der Waals surface area contributed by atoms with E-state index in [1.165, 1.54) is 28.7 Å². The first kappa shape index (κ1) is 22.7. The van der Waals surface area contributed by atoms with Gasteiger partial charge in [0, 0.05) is 24.3 Å². The lowest BCUT2D eigenvalue weighted by atomic mass is 10.2. The number of hydrogen-bond acceptors (Lipinski definition) is 5. The molecule has 3 aromatic rings. The van der Waals surface area contributed by atoms with Crippen LogP contribution < -0.4 is 10.1 Å². The maximum absolute atomic E-state index is 13.0. The number of anilines is 1. The fourth-order valence-electron chi connectivity index (χ4n) is 2.88. The molecule has 7 nitrogen and oxygen atoms in total. The van der Waals surface area contributed by atoms with E-state index in [0.717, 1.165) is 0 Å². The Morgan fingerprint density at radius 1 is 1.06 bits per heavy atom. The number of pyridine rings is 1. The number of ether oxygens (including phenoxy) is 1. The van der Waals surface area contributed by atoms with E-state index in [2.05, 4.69) is 10.3 Å². The van der Waals surface area contributed by atoms with E-state index in [1.807, 2.05) is 0 Å². The minimum absolute atomic E-state index is 0.0518. The monoisotopic (exact) mass is 459 g/mol. The number of rotatable bonds is 8. The summed E-state index contributed by atoms with van der Waals surface area (Å²) in [5.41, 5.74) is 0.399. The molecule has 9 heteroatoms. The number of benzene rings is 2. The van der Waals surface area contributed by atoms with Crippen molar-refractivity contribution in [2.45, 2.75) is 18.7 Å². The molecular weight excluding hydrogens is 438 g/mol. The predicted octanol–water partition coefficient (Wildman–Crippen LogP) is 4.81. The summed E-state index contributed by atoms with van der Waals surface area (Å²) in [5, 5.41) is 3.26. The van der Waals surface area contributed by atoms with Gasteiger partial charge in [0.15, 0.2) is 5.75 Å². The fourth-order valence-corrected chi connectivity index (χ4v) is 4.49. The zero-order valence-corrected chi connectivity index (χ0v) is 18.7. The van der Waals surface area contributed by atoms with Gasteiger partial charge in [-0.25, -0.2) is 8.42 Å². The first-order valence-corrected chi connectivity index (χ1v) is 11.5. The lowest BCUT2D eigenvalue weighted by Crippen LogP contribution is -2.30. The van der Waals surface area contributed by atoms with Gasteiger partial charge >= 0.3 is 0 Å². The van der Waals surface area contributed by atoms with Crippen LogP contribution in [0.15, 0.2) is 71.8 Å². The van der Waals surface area contributed by atoms with Gasteiger partial charge in [0.2, 0.25) is 10.0 Å². The summed E-state index contributed by atoms with van der Waals surface area (Å²) in [6.45, 7) is 4.20. The molecule has 0 spiro atoms. The minimum Gasteiger partial charge on any atom is -0.455 e. The van der Waals surface area contributed by atoms with E-state index in [1.54, 1.807) is 56.3 Å². The Morgan fingerprint density at radius 2 is 1.77 bits per heavy atom. The minimum atomic E-state index is -3.73. The van der Waals surface area contributed by atoms with Crippen LogP contribution in [-0.2, 0) is 10.0 Å². The summed E-state index contributed by atoms with van der Waals surface area (Å²) in [7, 11) is -3.73. The van der Waals surface area contributed by atoms with Crippen LogP contribution in [0, 0.1) is 0 Å². The van der Waals surface area contributed by atoms with Crippen molar-refractivity contribution in [3.05, 3.63) is 77.6 Å². The molecule has 0 atom stereocenters. The molecule has 1 aromatic heterocycles. The number of nitrogens with zero attached hydrogens (tertiary/aromatic N) is 2. The first-order chi connectivity index (χ1) is 14.8. The van der Waals surface area contributed by atoms with Gasteiger partial charge in [-0.1, -0.05) is 31.5 Å². The Bertz CT molecular complexity index is 1150. The average molecular weight is 460 g/mol. The second-order valence-electron chi connectivity index (χ2n) is 6.47. The van der Waals surface area contributed by atoms with Gasteiger partial charge in [0.05, 0.1) is 10.6 Å². The van der Waals surface area contributed by atoms with Crippen molar-refractivity contribution in [3.63, 3.8) is 0 Å². The molecule has 1 heterocycles. The molecule has 0 aliphatic carbocycles. The summed E-state index contributed by atoms with van der Waals surface area (Å²) in [6, 6.07) is 16.0. The number of carbonyl (C=O) groups excluding carboxylic acids is 1. The van der Waals surface area contributed by atoms with E-state index < -0.39 is 15.9 Å². The Labute approximate surface area is 186 Å². The molecule has 0 unspecified atom stereocenters. The van der Waals surface area contributed by atoms with E-state index in [-0.39, 0.29) is 22.0 Å². The van der Waals surface area contributed by atoms with Crippen LogP contribution in [0.4, 0.5) is 5.69 Å². The Hall–Kier alpha value is -2.94. The maximum atomic E-state index is 13.0. The standard InChI is InChI=1S/C22H22ClN3O4S/c1-3-26(4-2)31(28,29)18-12-13-21(30-17-10-8-16(23)9-11-17)20(15-18)25-22(27)19-7-5-6-14-24-19/h5-15H,3-4H2,1-2H3,(H,25,27). The van der Waals surface area contributed by atoms with Crippen LogP contribution in [0.25, 0.3) is 0 Å². The van der Waals surface area contributed by atoms with Crippen molar-refractivity contribution >= 4 is 33.2 Å². The summed E-state index contributed by atoms with van der Waals surface area (Å²) in [6.07, 6.45) is 1.50. The number of sulfonamides is 1. The largest absolute Gasteiger partial charge is 0.455 e. The van der Waals surface area contributed by atoms with Crippen LogP contribution in [0.5, 0.6) is 11.5 Å². The zero-order chi connectivity index (χ0) is 22.4. The molecule has 0 bridgehead atoms. The third-order valence-corrected chi connectivity index (χ3v) is 6.78.